The number of ether oxygens (including phenoxy) is 1. The van der Waals surface area contributed by atoms with Gasteiger partial charge in [-0.25, -0.2) is 9.78 Å². The van der Waals surface area contributed by atoms with Crippen LogP contribution in [0, 0.1) is 13.8 Å². The minimum absolute atomic E-state index is 0.0454. The molecule has 0 radical (unpaired) electrons. The molecule has 0 bridgehead atoms. The molecule has 2 amide bonds. The van der Waals surface area contributed by atoms with Crippen LogP contribution in [0.3, 0.4) is 0 Å². The van der Waals surface area contributed by atoms with Gasteiger partial charge in [-0.2, -0.15) is 0 Å². The normalized spacial score (nSPS) is 18.5. The van der Waals surface area contributed by atoms with E-state index >= 15 is 0 Å². The number of hydrogen-bond acceptors (Lipinski definition) is 4. The Labute approximate surface area is 132 Å². The van der Waals surface area contributed by atoms with Crippen LogP contribution in [0.5, 0.6) is 0 Å². The Morgan fingerprint density at radius 1 is 1.27 bits per heavy atom. The van der Waals surface area contributed by atoms with E-state index in [4.69, 9.17) is 4.74 Å². The molecule has 1 fully saturated rings. The summed E-state index contributed by atoms with van der Waals surface area (Å²) in [6.45, 7) is 11.4. The van der Waals surface area contributed by atoms with Crippen LogP contribution in [0.4, 0.5) is 10.6 Å². The fourth-order valence-electron chi connectivity index (χ4n) is 2.69. The lowest BCUT2D eigenvalue weighted by atomic mass is 10.1. The summed E-state index contributed by atoms with van der Waals surface area (Å²) in [6, 6.07) is 3.94. The molecule has 22 heavy (non-hydrogen) atoms. The Bertz CT molecular complexity index is 495. The third-order valence-electron chi connectivity index (χ3n) is 4.04. The molecule has 6 heteroatoms. The van der Waals surface area contributed by atoms with E-state index in [-0.39, 0.29) is 18.1 Å². The summed E-state index contributed by atoms with van der Waals surface area (Å²) in [5, 5.41) is 5.80. The lowest BCUT2D eigenvalue weighted by molar-refractivity contribution is 0.0146. The van der Waals surface area contributed by atoms with Gasteiger partial charge in [0, 0.05) is 30.9 Å². The highest BCUT2D eigenvalue weighted by Crippen LogP contribution is 2.10. The van der Waals surface area contributed by atoms with Gasteiger partial charge in [0.25, 0.3) is 0 Å². The monoisotopic (exact) mass is 306 g/mol. The molecule has 2 heterocycles. The Morgan fingerprint density at radius 3 is 2.59 bits per heavy atom. The number of nitrogens with one attached hydrogen (secondary N) is 2. The molecule has 2 atom stereocenters. The van der Waals surface area contributed by atoms with Crippen molar-refractivity contribution in [2.45, 2.75) is 39.8 Å². The van der Waals surface area contributed by atoms with Gasteiger partial charge in [0.2, 0.25) is 0 Å². The average molecular weight is 306 g/mol. The zero-order valence-corrected chi connectivity index (χ0v) is 13.8. The van der Waals surface area contributed by atoms with Crippen molar-refractivity contribution < 1.29 is 9.53 Å². The number of aryl methyl sites for hydroxylation is 2. The number of morpholine rings is 1. The van der Waals surface area contributed by atoms with Gasteiger partial charge < -0.3 is 10.1 Å². The Hall–Kier alpha value is -1.66. The van der Waals surface area contributed by atoms with Gasteiger partial charge in [-0.15, -0.1) is 0 Å². The van der Waals surface area contributed by atoms with Gasteiger partial charge in [-0.1, -0.05) is 0 Å². The van der Waals surface area contributed by atoms with Crippen molar-refractivity contribution >= 4 is 11.8 Å². The maximum atomic E-state index is 12.1. The number of amides is 2. The molecular weight excluding hydrogens is 280 g/mol. The number of aromatic nitrogens is 1. The highest BCUT2D eigenvalue weighted by molar-refractivity contribution is 5.88. The Morgan fingerprint density at radius 2 is 1.95 bits per heavy atom. The molecule has 122 valence electrons. The second kappa shape index (κ2) is 7.56. The topological polar surface area (TPSA) is 66.5 Å². The van der Waals surface area contributed by atoms with Gasteiger partial charge in [0.05, 0.1) is 13.2 Å². The molecule has 0 aromatic carbocycles. The van der Waals surface area contributed by atoms with E-state index in [1.54, 1.807) is 0 Å². The first-order valence-electron chi connectivity index (χ1n) is 7.80. The second-order valence-electron chi connectivity index (χ2n) is 5.95. The molecule has 0 unspecified atom stereocenters. The van der Waals surface area contributed by atoms with Crippen molar-refractivity contribution in [2.75, 3.05) is 31.6 Å². The molecule has 1 aromatic heterocycles. The summed E-state index contributed by atoms with van der Waals surface area (Å²) >= 11 is 0. The number of rotatable bonds is 4. The van der Waals surface area contributed by atoms with Crippen molar-refractivity contribution in [1.82, 2.24) is 15.2 Å². The number of hydrogen-bond donors (Lipinski definition) is 2. The SMILES string of the molecule is Cc1cc(C)nc(NC(=O)N[C@@H](C)[C@H](C)N2CCOCC2)c1. The summed E-state index contributed by atoms with van der Waals surface area (Å²) in [5.41, 5.74) is 1.97. The van der Waals surface area contributed by atoms with Crippen LogP contribution in [0.1, 0.15) is 25.1 Å². The number of pyridine rings is 1. The second-order valence-corrected chi connectivity index (χ2v) is 5.95. The molecule has 0 aliphatic carbocycles. The van der Waals surface area contributed by atoms with E-state index in [0.717, 1.165) is 37.6 Å². The molecular formula is C16H26N4O2. The summed E-state index contributed by atoms with van der Waals surface area (Å²) in [7, 11) is 0. The fraction of sp³-hybridized carbons (Fsp3) is 0.625. The lowest BCUT2D eigenvalue weighted by Gasteiger charge is -2.35. The summed E-state index contributed by atoms with van der Waals surface area (Å²) in [6.07, 6.45) is 0. The first-order valence-corrected chi connectivity index (χ1v) is 7.80. The summed E-state index contributed by atoms with van der Waals surface area (Å²) in [5.74, 6) is 0.584. The predicted molar refractivity (Wildman–Crippen MR) is 87.2 cm³/mol. The van der Waals surface area contributed by atoms with Gasteiger partial charge >= 0.3 is 6.03 Å². The van der Waals surface area contributed by atoms with E-state index in [1.807, 2.05) is 32.9 Å². The van der Waals surface area contributed by atoms with Crippen molar-refractivity contribution in [1.29, 1.82) is 0 Å². The van der Waals surface area contributed by atoms with Gasteiger partial charge in [-0.3, -0.25) is 10.2 Å². The quantitative estimate of drug-likeness (QED) is 0.892. The Kier molecular flexibility index (Phi) is 5.74. The number of anilines is 1. The van der Waals surface area contributed by atoms with Crippen LogP contribution in [-0.2, 0) is 4.74 Å². The van der Waals surface area contributed by atoms with Crippen molar-refractivity contribution in [3.05, 3.63) is 23.4 Å². The van der Waals surface area contributed by atoms with E-state index in [1.165, 1.54) is 0 Å². The third kappa shape index (κ3) is 4.68. The minimum atomic E-state index is -0.217. The number of nitrogens with zero attached hydrogens (tertiary/aromatic N) is 2. The average Bonchev–Trinajstić information content (AvgIpc) is 2.46. The molecule has 2 N–H and O–H groups in total. The van der Waals surface area contributed by atoms with E-state index in [9.17, 15) is 4.79 Å². The minimum Gasteiger partial charge on any atom is -0.379 e. The van der Waals surface area contributed by atoms with Crippen LogP contribution in [-0.4, -0.2) is 54.3 Å². The van der Waals surface area contributed by atoms with Crippen molar-refractivity contribution in [3.63, 3.8) is 0 Å². The maximum Gasteiger partial charge on any atom is 0.320 e. The maximum absolute atomic E-state index is 12.1. The molecule has 1 saturated heterocycles. The predicted octanol–water partition coefficient (Wildman–Crippen LogP) is 1.93. The van der Waals surface area contributed by atoms with Crippen molar-refractivity contribution in [2.24, 2.45) is 0 Å². The molecule has 0 saturated carbocycles. The molecule has 1 aliphatic heterocycles. The van der Waals surface area contributed by atoms with Gasteiger partial charge in [0.15, 0.2) is 0 Å². The molecule has 0 spiro atoms. The zero-order chi connectivity index (χ0) is 16.1. The third-order valence-corrected chi connectivity index (χ3v) is 4.04. The van der Waals surface area contributed by atoms with Gasteiger partial charge in [-0.05, 0) is 45.4 Å². The van der Waals surface area contributed by atoms with Crippen LogP contribution < -0.4 is 10.6 Å². The first kappa shape index (κ1) is 16.7. The van der Waals surface area contributed by atoms with Crippen LogP contribution >= 0.6 is 0 Å². The largest absolute Gasteiger partial charge is 0.379 e. The summed E-state index contributed by atoms with van der Waals surface area (Å²) in [4.78, 5) is 18.8. The lowest BCUT2D eigenvalue weighted by Crippen LogP contribution is -2.52. The number of carbonyl (C=O) groups is 1. The van der Waals surface area contributed by atoms with E-state index in [2.05, 4.69) is 27.4 Å². The molecule has 2 rings (SSSR count). The molecule has 6 nitrogen and oxygen atoms in total. The summed E-state index contributed by atoms with van der Waals surface area (Å²) < 4.78 is 5.36. The van der Waals surface area contributed by atoms with E-state index < -0.39 is 0 Å². The standard InChI is InChI=1S/C16H26N4O2/c1-11-9-12(2)17-15(10-11)19-16(21)18-13(3)14(4)20-5-7-22-8-6-20/h9-10,13-14H,5-8H2,1-4H3,(H2,17,18,19,21)/t13-,14-/m0/s1. The fourth-order valence-corrected chi connectivity index (χ4v) is 2.69. The van der Waals surface area contributed by atoms with E-state index in [0.29, 0.717) is 5.82 Å². The van der Waals surface area contributed by atoms with Crippen LogP contribution in [0.2, 0.25) is 0 Å². The highest BCUT2D eigenvalue weighted by Gasteiger charge is 2.23. The first-order chi connectivity index (χ1) is 10.5. The Balaban J connectivity index is 1.87. The molecule has 1 aliphatic rings. The highest BCUT2D eigenvalue weighted by atomic mass is 16.5. The van der Waals surface area contributed by atoms with Crippen LogP contribution in [0.25, 0.3) is 0 Å². The van der Waals surface area contributed by atoms with Gasteiger partial charge in [0.1, 0.15) is 5.82 Å². The molecule has 1 aromatic rings. The van der Waals surface area contributed by atoms with Crippen LogP contribution in [0.15, 0.2) is 12.1 Å². The van der Waals surface area contributed by atoms with Crippen molar-refractivity contribution in [3.8, 4) is 0 Å². The number of urea groups is 1. The number of carbonyl (C=O) groups excluding carboxylic acids is 1. The zero-order valence-electron chi connectivity index (χ0n) is 13.8. The smallest absolute Gasteiger partial charge is 0.320 e.